The van der Waals surface area contributed by atoms with Gasteiger partial charge in [0, 0.05) is 0 Å². The number of anilines is 2. The van der Waals surface area contributed by atoms with Gasteiger partial charge in [-0.3, -0.25) is 0 Å². The molecular formula is C17H12AsNO. The Bertz CT molecular complexity index is 800. The molecule has 0 bridgehead atoms. The van der Waals surface area contributed by atoms with Crippen LogP contribution in [0.1, 0.15) is 0 Å². The van der Waals surface area contributed by atoms with Crippen molar-refractivity contribution in [2.24, 2.45) is 0 Å². The van der Waals surface area contributed by atoms with Crippen LogP contribution in [0.4, 0.5) is 11.4 Å². The fraction of sp³-hybridized carbons (Fsp3) is 0.0588. The first-order valence-electron chi connectivity index (χ1n) is 6.53. The molecule has 2 nitrogen and oxygen atoms in total. The second-order valence-electron chi connectivity index (χ2n) is 4.88. The van der Waals surface area contributed by atoms with Gasteiger partial charge >= 0.3 is 126 Å². The van der Waals surface area contributed by atoms with Crippen molar-refractivity contribution in [2.45, 2.75) is 0 Å². The van der Waals surface area contributed by atoms with Crippen LogP contribution in [0.3, 0.4) is 0 Å². The Morgan fingerprint density at radius 1 is 0.900 bits per heavy atom. The minimum absolute atomic E-state index is 0.574. The van der Waals surface area contributed by atoms with Gasteiger partial charge < -0.3 is 0 Å². The van der Waals surface area contributed by atoms with Crippen LogP contribution in [0.5, 0.6) is 5.75 Å². The van der Waals surface area contributed by atoms with E-state index in [1.165, 1.54) is 20.8 Å². The zero-order valence-electron chi connectivity index (χ0n) is 10.8. The molecule has 2 radical (unpaired) electrons. The summed E-state index contributed by atoms with van der Waals surface area (Å²) in [5.74, 6) is 0.952. The Morgan fingerprint density at radius 3 is 2.65 bits per heavy atom. The van der Waals surface area contributed by atoms with E-state index < -0.39 is 0 Å². The molecule has 1 aliphatic rings. The quantitative estimate of drug-likeness (QED) is 0.639. The first-order chi connectivity index (χ1) is 9.81. The van der Waals surface area contributed by atoms with Crippen molar-refractivity contribution in [1.82, 2.24) is 0 Å². The molecule has 4 rings (SSSR count). The van der Waals surface area contributed by atoms with Gasteiger partial charge in [0.05, 0.1) is 0 Å². The summed E-state index contributed by atoms with van der Waals surface area (Å²) < 4.78 is 6.94. The number of ether oxygens (including phenoxy) is 1. The molecule has 0 N–H and O–H groups in total. The fourth-order valence-electron chi connectivity index (χ4n) is 2.60. The predicted octanol–water partition coefficient (Wildman–Crippen LogP) is 3.12. The van der Waals surface area contributed by atoms with E-state index in [1.807, 2.05) is 6.07 Å². The molecule has 0 atom stereocenters. The van der Waals surface area contributed by atoms with Crippen molar-refractivity contribution in [1.29, 1.82) is 0 Å². The summed E-state index contributed by atoms with van der Waals surface area (Å²) >= 11 is 2.58. The first-order valence-corrected chi connectivity index (χ1v) is 7.47. The molecule has 96 valence electrons. The zero-order chi connectivity index (χ0) is 13.5. The average molecular weight is 321 g/mol. The Balaban J connectivity index is 1.83. The van der Waals surface area contributed by atoms with E-state index in [0.717, 1.165) is 11.4 Å². The third-order valence-electron chi connectivity index (χ3n) is 3.63. The van der Waals surface area contributed by atoms with E-state index in [9.17, 15) is 0 Å². The summed E-state index contributed by atoms with van der Waals surface area (Å²) in [5.41, 5.74) is 2.30. The number of rotatable bonds is 1. The molecule has 20 heavy (non-hydrogen) atoms. The van der Waals surface area contributed by atoms with Crippen LogP contribution in [0.15, 0.2) is 60.7 Å². The maximum absolute atomic E-state index is 5.75. The van der Waals surface area contributed by atoms with Crippen molar-refractivity contribution in [3.05, 3.63) is 60.7 Å². The molecule has 0 saturated heterocycles. The van der Waals surface area contributed by atoms with Crippen LogP contribution in [0.25, 0.3) is 10.8 Å². The third-order valence-corrected chi connectivity index (χ3v) is 4.21. The van der Waals surface area contributed by atoms with Crippen LogP contribution in [-0.4, -0.2) is 23.6 Å². The summed E-state index contributed by atoms with van der Waals surface area (Å²) in [7, 11) is 0. The summed E-state index contributed by atoms with van der Waals surface area (Å²) in [6.07, 6.45) is 0. The molecule has 0 aliphatic carbocycles. The van der Waals surface area contributed by atoms with Crippen LogP contribution >= 0.6 is 0 Å². The van der Waals surface area contributed by atoms with Crippen LogP contribution in [0.2, 0.25) is 0 Å². The van der Waals surface area contributed by atoms with Gasteiger partial charge in [0.1, 0.15) is 0 Å². The summed E-state index contributed by atoms with van der Waals surface area (Å²) in [5, 5.41) is 2.51. The van der Waals surface area contributed by atoms with Crippen molar-refractivity contribution in [3.8, 4) is 5.75 Å². The maximum atomic E-state index is 5.75. The van der Waals surface area contributed by atoms with Crippen molar-refractivity contribution in [3.63, 3.8) is 0 Å². The molecule has 3 aromatic rings. The van der Waals surface area contributed by atoms with Gasteiger partial charge in [-0.15, -0.1) is 0 Å². The van der Waals surface area contributed by atoms with Gasteiger partial charge in [-0.2, -0.15) is 0 Å². The Hall–Kier alpha value is -1.92. The standard InChI is InChI=1S/C17H12AsNO/c18-14-6-8-17-16(10-14)19(11-20-17)15-7-5-12-3-1-2-4-13(12)9-15/h1-10H,11H2. The van der Waals surface area contributed by atoms with Crippen molar-refractivity contribution < 1.29 is 4.74 Å². The van der Waals surface area contributed by atoms with Gasteiger partial charge in [0.25, 0.3) is 0 Å². The number of fused-ring (bicyclic) bond motifs is 2. The summed E-state index contributed by atoms with van der Waals surface area (Å²) in [6.45, 7) is 0.574. The van der Waals surface area contributed by atoms with E-state index >= 15 is 0 Å². The monoisotopic (exact) mass is 321 g/mol. The molecule has 1 heterocycles. The number of nitrogens with zero attached hydrogens (tertiary/aromatic N) is 1. The Morgan fingerprint density at radius 2 is 1.75 bits per heavy atom. The second-order valence-corrected chi connectivity index (χ2v) is 5.97. The molecule has 0 saturated carbocycles. The number of benzene rings is 3. The van der Waals surface area contributed by atoms with E-state index in [2.05, 4.69) is 76.4 Å². The van der Waals surface area contributed by atoms with Gasteiger partial charge in [0.15, 0.2) is 0 Å². The fourth-order valence-corrected chi connectivity index (χ4v) is 3.01. The van der Waals surface area contributed by atoms with Crippen LogP contribution in [-0.2, 0) is 0 Å². The first kappa shape index (κ1) is 11.9. The van der Waals surface area contributed by atoms with E-state index in [-0.39, 0.29) is 0 Å². The summed E-state index contributed by atoms with van der Waals surface area (Å²) in [6, 6.07) is 21.2. The zero-order valence-corrected chi connectivity index (χ0v) is 12.7. The van der Waals surface area contributed by atoms with Crippen LogP contribution in [0, 0.1) is 0 Å². The molecular weight excluding hydrogens is 309 g/mol. The topological polar surface area (TPSA) is 12.5 Å². The van der Waals surface area contributed by atoms with Gasteiger partial charge in [-0.1, -0.05) is 0 Å². The van der Waals surface area contributed by atoms with E-state index in [1.54, 1.807) is 0 Å². The SMILES string of the molecule is [As]c1ccc2c(c1)N(c1ccc3ccccc3c1)CO2. The van der Waals surface area contributed by atoms with Gasteiger partial charge in [-0.25, -0.2) is 0 Å². The second kappa shape index (κ2) is 4.57. The third kappa shape index (κ3) is 1.88. The van der Waals surface area contributed by atoms with Crippen LogP contribution < -0.4 is 14.0 Å². The average Bonchev–Trinajstić information content (AvgIpc) is 2.89. The molecule has 3 aromatic carbocycles. The number of hydrogen-bond acceptors (Lipinski definition) is 2. The van der Waals surface area contributed by atoms with E-state index in [4.69, 9.17) is 4.74 Å². The molecule has 3 heteroatoms. The molecule has 0 fully saturated rings. The number of hydrogen-bond donors (Lipinski definition) is 0. The molecule has 0 aromatic heterocycles. The normalized spacial score (nSPS) is 13.3. The predicted molar refractivity (Wildman–Crippen MR) is 83.4 cm³/mol. The molecule has 0 amide bonds. The van der Waals surface area contributed by atoms with Gasteiger partial charge in [0.2, 0.25) is 0 Å². The molecule has 0 spiro atoms. The van der Waals surface area contributed by atoms with E-state index in [0.29, 0.717) is 6.73 Å². The Kier molecular flexibility index (Phi) is 2.71. The van der Waals surface area contributed by atoms with Crippen molar-refractivity contribution >= 4 is 43.4 Å². The minimum atomic E-state index is 0.574. The summed E-state index contributed by atoms with van der Waals surface area (Å²) in [4.78, 5) is 2.21. The molecule has 1 aliphatic heterocycles. The Labute approximate surface area is 126 Å². The molecule has 0 unspecified atom stereocenters. The van der Waals surface area contributed by atoms with Crippen molar-refractivity contribution in [2.75, 3.05) is 11.6 Å². The van der Waals surface area contributed by atoms with Gasteiger partial charge in [-0.05, 0) is 0 Å².